The maximum atomic E-state index is 13.2. The van der Waals surface area contributed by atoms with Crippen LogP contribution in [0.2, 0.25) is 0 Å². The van der Waals surface area contributed by atoms with Crippen LogP contribution in [0.1, 0.15) is 23.7 Å². The third kappa shape index (κ3) is 3.46. The van der Waals surface area contributed by atoms with E-state index in [1.165, 1.54) is 0 Å². The first kappa shape index (κ1) is 15.2. The van der Waals surface area contributed by atoms with Gasteiger partial charge in [0.25, 0.3) is 0 Å². The molecule has 114 valence electrons. The highest BCUT2D eigenvalue weighted by atomic mass is 19.2. The van der Waals surface area contributed by atoms with Crippen molar-refractivity contribution < 1.29 is 28.2 Å². The highest BCUT2D eigenvalue weighted by Crippen LogP contribution is 2.20. The predicted octanol–water partition coefficient (Wildman–Crippen LogP) is 1.96. The topological polar surface area (TPSA) is 87.7 Å². The van der Waals surface area contributed by atoms with Crippen molar-refractivity contribution in [2.75, 3.05) is 11.9 Å². The minimum absolute atomic E-state index is 0.167. The van der Waals surface area contributed by atoms with Crippen molar-refractivity contribution in [3.05, 3.63) is 29.3 Å². The molecule has 1 heterocycles. The molecular weight excluding hydrogens is 286 g/mol. The number of nitrogens with one attached hydrogen (secondary N) is 2. The molecule has 21 heavy (non-hydrogen) atoms. The molecule has 0 bridgehead atoms. The van der Waals surface area contributed by atoms with Crippen LogP contribution in [0.3, 0.4) is 0 Å². The van der Waals surface area contributed by atoms with Gasteiger partial charge in [0.2, 0.25) is 0 Å². The Hall–Kier alpha value is -2.22. The molecule has 1 aromatic rings. The minimum atomic E-state index is -1.47. The number of ether oxygens (including phenoxy) is 1. The number of carbonyl (C=O) groups excluding carboxylic acids is 1. The van der Waals surface area contributed by atoms with Gasteiger partial charge in [0.15, 0.2) is 11.6 Å². The van der Waals surface area contributed by atoms with Gasteiger partial charge in [-0.25, -0.2) is 18.4 Å². The smallest absolute Gasteiger partial charge is 0.337 e. The second-order valence-corrected chi connectivity index (χ2v) is 4.69. The fourth-order valence-electron chi connectivity index (χ4n) is 2.08. The molecule has 1 aliphatic rings. The van der Waals surface area contributed by atoms with Gasteiger partial charge in [-0.15, -0.1) is 0 Å². The zero-order chi connectivity index (χ0) is 15.6. The zero-order valence-corrected chi connectivity index (χ0v) is 11.2. The summed E-state index contributed by atoms with van der Waals surface area (Å²) >= 11 is 0. The quantitative estimate of drug-likeness (QED) is 0.796. The molecule has 3 N–H and O–H groups in total. The van der Waals surface area contributed by atoms with Crippen molar-refractivity contribution in [2.45, 2.75) is 25.5 Å². The van der Waals surface area contributed by atoms with E-state index in [-0.39, 0.29) is 17.8 Å². The Balaban J connectivity index is 2.13. The van der Waals surface area contributed by atoms with E-state index in [1.54, 1.807) is 6.92 Å². The van der Waals surface area contributed by atoms with Gasteiger partial charge in [-0.2, -0.15) is 0 Å². The number of aromatic carboxylic acids is 1. The molecule has 0 spiro atoms. The van der Waals surface area contributed by atoms with Crippen LogP contribution in [0.25, 0.3) is 0 Å². The third-order valence-corrected chi connectivity index (χ3v) is 3.23. The highest BCUT2D eigenvalue weighted by Gasteiger charge is 2.26. The molecule has 0 aromatic heterocycles. The largest absolute Gasteiger partial charge is 0.478 e. The van der Waals surface area contributed by atoms with Crippen LogP contribution < -0.4 is 10.6 Å². The molecule has 0 radical (unpaired) electrons. The maximum Gasteiger partial charge on any atom is 0.337 e. The fraction of sp³-hybridized carbons (Fsp3) is 0.385. The van der Waals surface area contributed by atoms with Crippen LogP contribution in [0.4, 0.5) is 19.3 Å². The number of hydrogen-bond acceptors (Lipinski definition) is 3. The van der Waals surface area contributed by atoms with Crippen LogP contribution in [0.15, 0.2) is 12.1 Å². The van der Waals surface area contributed by atoms with Gasteiger partial charge in [0.1, 0.15) is 0 Å². The second kappa shape index (κ2) is 6.04. The van der Waals surface area contributed by atoms with Crippen LogP contribution in [-0.4, -0.2) is 35.9 Å². The number of hydrogen-bond donors (Lipinski definition) is 3. The Morgan fingerprint density at radius 2 is 2.00 bits per heavy atom. The number of carboxylic acid groups (broad SMARTS) is 1. The average Bonchev–Trinajstić information content (AvgIpc) is 2.78. The number of halogens is 2. The molecule has 1 aliphatic heterocycles. The number of carboxylic acids is 1. The summed E-state index contributed by atoms with van der Waals surface area (Å²) in [5, 5.41) is 13.7. The molecule has 2 unspecified atom stereocenters. The molecule has 2 rings (SSSR count). The average molecular weight is 300 g/mol. The molecule has 2 amide bonds. The van der Waals surface area contributed by atoms with Gasteiger partial charge in [0.05, 0.1) is 23.4 Å². The molecule has 0 saturated carbocycles. The van der Waals surface area contributed by atoms with E-state index in [2.05, 4.69) is 10.6 Å². The first-order valence-corrected chi connectivity index (χ1v) is 6.30. The van der Waals surface area contributed by atoms with Crippen LogP contribution in [-0.2, 0) is 4.74 Å². The van der Waals surface area contributed by atoms with Gasteiger partial charge in [-0.05, 0) is 19.4 Å². The number of carbonyl (C=O) groups is 2. The normalized spacial score (nSPS) is 21.1. The highest BCUT2D eigenvalue weighted by molar-refractivity contribution is 6.00. The van der Waals surface area contributed by atoms with Gasteiger partial charge in [-0.1, -0.05) is 0 Å². The lowest BCUT2D eigenvalue weighted by molar-refractivity contribution is 0.0697. The van der Waals surface area contributed by atoms with E-state index < -0.39 is 29.2 Å². The summed E-state index contributed by atoms with van der Waals surface area (Å²) in [5.41, 5.74) is -0.842. The van der Waals surface area contributed by atoms with Gasteiger partial charge < -0.3 is 20.5 Å². The molecule has 1 aromatic carbocycles. The first-order chi connectivity index (χ1) is 9.88. The summed E-state index contributed by atoms with van der Waals surface area (Å²) in [6.45, 7) is 2.30. The third-order valence-electron chi connectivity index (χ3n) is 3.23. The number of amides is 2. The minimum Gasteiger partial charge on any atom is -0.478 e. The van der Waals surface area contributed by atoms with Crippen LogP contribution >= 0.6 is 0 Å². The Labute approximate surface area is 119 Å². The van der Waals surface area contributed by atoms with E-state index in [4.69, 9.17) is 9.84 Å². The van der Waals surface area contributed by atoms with Gasteiger partial charge in [-0.3, -0.25) is 0 Å². The Kier molecular flexibility index (Phi) is 4.37. The van der Waals surface area contributed by atoms with Crippen molar-refractivity contribution in [1.29, 1.82) is 0 Å². The monoisotopic (exact) mass is 300 g/mol. The Morgan fingerprint density at radius 1 is 1.33 bits per heavy atom. The SMILES string of the molecule is CC1OCCC1NC(=O)Nc1cc(F)c(F)cc1C(=O)O. The van der Waals surface area contributed by atoms with Gasteiger partial charge >= 0.3 is 12.0 Å². The van der Waals surface area contributed by atoms with Crippen LogP contribution in [0.5, 0.6) is 0 Å². The summed E-state index contributed by atoms with van der Waals surface area (Å²) in [4.78, 5) is 22.8. The zero-order valence-electron chi connectivity index (χ0n) is 11.2. The number of benzene rings is 1. The standard InChI is InChI=1S/C13H14F2N2O4/c1-6-10(2-3-21-6)16-13(20)17-11-5-9(15)8(14)4-7(11)12(18)19/h4-6,10H,2-3H2,1H3,(H,18,19)(H2,16,17,20). The molecule has 8 heteroatoms. The van der Waals surface area contributed by atoms with Gasteiger partial charge in [0, 0.05) is 12.7 Å². The summed E-state index contributed by atoms with van der Waals surface area (Å²) in [5.74, 6) is -4.01. The predicted molar refractivity (Wildman–Crippen MR) is 69.3 cm³/mol. The first-order valence-electron chi connectivity index (χ1n) is 6.30. The summed E-state index contributed by atoms with van der Waals surface area (Å²) in [6.07, 6.45) is 0.456. The second-order valence-electron chi connectivity index (χ2n) is 4.69. The lowest BCUT2D eigenvalue weighted by Gasteiger charge is -2.17. The Bertz CT molecular complexity index is 580. The van der Waals surface area contributed by atoms with Crippen molar-refractivity contribution in [3.8, 4) is 0 Å². The summed E-state index contributed by atoms with van der Waals surface area (Å²) in [7, 11) is 0. The van der Waals surface area contributed by atoms with E-state index in [1.807, 2.05) is 0 Å². The van der Waals surface area contributed by atoms with Crippen molar-refractivity contribution in [2.24, 2.45) is 0 Å². The number of urea groups is 1. The van der Waals surface area contributed by atoms with Crippen LogP contribution in [0, 0.1) is 11.6 Å². The maximum absolute atomic E-state index is 13.2. The van der Waals surface area contributed by atoms with Crippen molar-refractivity contribution in [1.82, 2.24) is 5.32 Å². The van der Waals surface area contributed by atoms with Crippen molar-refractivity contribution >= 4 is 17.7 Å². The molecular formula is C13H14F2N2O4. The van der Waals surface area contributed by atoms with E-state index in [0.717, 1.165) is 0 Å². The van der Waals surface area contributed by atoms with E-state index >= 15 is 0 Å². The number of anilines is 1. The van der Waals surface area contributed by atoms with E-state index in [0.29, 0.717) is 25.2 Å². The van der Waals surface area contributed by atoms with Crippen molar-refractivity contribution in [3.63, 3.8) is 0 Å². The number of rotatable bonds is 3. The Morgan fingerprint density at radius 3 is 2.57 bits per heavy atom. The fourth-order valence-corrected chi connectivity index (χ4v) is 2.08. The molecule has 1 saturated heterocycles. The molecule has 1 fully saturated rings. The summed E-state index contributed by atoms with van der Waals surface area (Å²) in [6, 6.07) is 0.232. The summed E-state index contributed by atoms with van der Waals surface area (Å²) < 4.78 is 31.5. The molecule has 0 aliphatic carbocycles. The van der Waals surface area contributed by atoms with E-state index in [9.17, 15) is 18.4 Å². The lowest BCUT2D eigenvalue weighted by atomic mass is 10.1. The lowest BCUT2D eigenvalue weighted by Crippen LogP contribution is -2.41. The molecule has 2 atom stereocenters. The molecule has 6 nitrogen and oxygen atoms in total.